The fourth-order valence-corrected chi connectivity index (χ4v) is 4.17. The second-order valence-electron chi connectivity index (χ2n) is 7.27. The van der Waals surface area contributed by atoms with Crippen LogP contribution in [0.1, 0.15) is 18.1 Å². The number of hydrogen-bond acceptors (Lipinski definition) is 4. The third-order valence-corrected chi connectivity index (χ3v) is 5.73. The lowest BCUT2D eigenvalue weighted by Crippen LogP contribution is -2.31. The number of fused-ring (bicyclic) bond motifs is 1. The van der Waals surface area contributed by atoms with E-state index in [2.05, 4.69) is 4.98 Å². The summed E-state index contributed by atoms with van der Waals surface area (Å²) in [6.07, 6.45) is -10.0. The SMILES string of the molecule is CC(Sc1nc2ccccc2c(=O)n1-c1cc(C(F)(F)F)ccc1C(F)(F)F)C(=O)N(C)C. The Labute approximate surface area is 188 Å². The van der Waals surface area contributed by atoms with E-state index in [0.29, 0.717) is 22.4 Å². The molecular weight excluding hydrogens is 472 g/mol. The van der Waals surface area contributed by atoms with Crippen molar-refractivity contribution in [3.05, 3.63) is 63.9 Å². The Morgan fingerprint density at radius 2 is 1.67 bits per heavy atom. The van der Waals surface area contributed by atoms with Crippen molar-refractivity contribution in [1.29, 1.82) is 0 Å². The largest absolute Gasteiger partial charge is 0.418 e. The molecule has 0 aliphatic carbocycles. The van der Waals surface area contributed by atoms with Crippen molar-refractivity contribution >= 4 is 28.6 Å². The normalized spacial score (nSPS) is 13.2. The Balaban J connectivity index is 2.39. The van der Waals surface area contributed by atoms with E-state index in [4.69, 9.17) is 0 Å². The number of halogens is 6. The highest BCUT2D eigenvalue weighted by Gasteiger charge is 2.38. The van der Waals surface area contributed by atoms with Crippen LogP contribution in [0.25, 0.3) is 16.6 Å². The van der Waals surface area contributed by atoms with E-state index in [1.807, 2.05) is 0 Å². The second kappa shape index (κ2) is 8.73. The summed E-state index contributed by atoms with van der Waals surface area (Å²) in [5.41, 5.74) is -4.68. The van der Waals surface area contributed by atoms with Crippen LogP contribution in [0, 0.1) is 0 Å². The molecule has 0 fully saturated rings. The molecule has 33 heavy (non-hydrogen) atoms. The molecule has 0 bridgehead atoms. The molecule has 12 heteroatoms. The molecule has 1 amide bonds. The Kier molecular flexibility index (Phi) is 6.51. The van der Waals surface area contributed by atoms with Crippen LogP contribution in [0.4, 0.5) is 26.3 Å². The van der Waals surface area contributed by atoms with Crippen molar-refractivity contribution in [2.45, 2.75) is 29.7 Å². The van der Waals surface area contributed by atoms with Crippen molar-refractivity contribution < 1.29 is 31.1 Å². The first-order valence-electron chi connectivity index (χ1n) is 9.40. The van der Waals surface area contributed by atoms with Gasteiger partial charge in [0.25, 0.3) is 5.56 Å². The summed E-state index contributed by atoms with van der Waals surface area (Å²) in [6, 6.07) is 6.61. The highest BCUT2D eigenvalue weighted by Crippen LogP contribution is 2.39. The van der Waals surface area contributed by atoms with E-state index in [0.717, 1.165) is 0 Å². The van der Waals surface area contributed by atoms with Crippen LogP contribution in [-0.2, 0) is 17.1 Å². The molecule has 1 heterocycles. The van der Waals surface area contributed by atoms with Gasteiger partial charge in [0.2, 0.25) is 5.91 Å². The van der Waals surface area contributed by atoms with Gasteiger partial charge in [0.05, 0.1) is 33.0 Å². The number of thioether (sulfide) groups is 1. The third kappa shape index (κ3) is 5.00. The van der Waals surface area contributed by atoms with Crippen LogP contribution in [0.15, 0.2) is 52.4 Å². The molecule has 5 nitrogen and oxygen atoms in total. The van der Waals surface area contributed by atoms with Crippen molar-refractivity contribution in [1.82, 2.24) is 14.5 Å². The first-order chi connectivity index (χ1) is 15.2. The molecule has 3 aromatic rings. The smallest absolute Gasteiger partial charge is 0.348 e. The molecule has 1 unspecified atom stereocenters. The van der Waals surface area contributed by atoms with Gasteiger partial charge in [0.15, 0.2) is 5.16 Å². The van der Waals surface area contributed by atoms with Gasteiger partial charge < -0.3 is 4.90 Å². The van der Waals surface area contributed by atoms with Gasteiger partial charge in [-0.3, -0.25) is 14.2 Å². The highest BCUT2D eigenvalue weighted by atomic mass is 32.2. The predicted octanol–water partition coefficient (Wildman–Crippen LogP) is 4.99. The van der Waals surface area contributed by atoms with Gasteiger partial charge in [-0.2, -0.15) is 26.3 Å². The van der Waals surface area contributed by atoms with Crippen LogP contribution >= 0.6 is 11.8 Å². The molecule has 0 aliphatic rings. The average Bonchev–Trinajstić information content (AvgIpc) is 2.71. The van der Waals surface area contributed by atoms with Gasteiger partial charge in [-0.15, -0.1) is 0 Å². The molecule has 1 atom stereocenters. The maximum atomic E-state index is 13.8. The molecule has 0 saturated carbocycles. The zero-order valence-corrected chi connectivity index (χ0v) is 18.3. The van der Waals surface area contributed by atoms with Crippen LogP contribution in [0.5, 0.6) is 0 Å². The first kappa shape index (κ1) is 24.6. The van der Waals surface area contributed by atoms with Gasteiger partial charge in [-0.05, 0) is 37.3 Å². The Bertz CT molecular complexity index is 1270. The summed E-state index contributed by atoms with van der Waals surface area (Å²) in [5.74, 6) is -0.422. The van der Waals surface area contributed by atoms with Crippen LogP contribution in [-0.4, -0.2) is 39.7 Å². The van der Waals surface area contributed by atoms with E-state index in [1.165, 1.54) is 44.1 Å². The topological polar surface area (TPSA) is 55.2 Å². The summed E-state index contributed by atoms with van der Waals surface area (Å²) >= 11 is 0.675. The van der Waals surface area contributed by atoms with Crippen LogP contribution in [0.3, 0.4) is 0 Å². The number of rotatable bonds is 4. The number of para-hydroxylation sites is 1. The maximum Gasteiger partial charge on any atom is 0.418 e. The summed E-state index contributed by atoms with van der Waals surface area (Å²) in [7, 11) is 2.93. The molecule has 0 aliphatic heterocycles. The van der Waals surface area contributed by atoms with Crippen LogP contribution < -0.4 is 5.56 Å². The minimum atomic E-state index is -5.06. The Morgan fingerprint density at radius 3 is 2.24 bits per heavy atom. The zero-order valence-electron chi connectivity index (χ0n) is 17.5. The fourth-order valence-electron chi connectivity index (χ4n) is 3.11. The van der Waals surface area contributed by atoms with Gasteiger partial charge in [-0.25, -0.2) is 4.98 Å². The molecule has 2 aromatic carbocycles. The number of hydrogen-bond donors (Lipinski definition) is 0. The van der Waals surface area contributed by atoms with Gasteiger partial charge >= 0.3 is 12.4 Å². The van der Waals surface area contributed by atoms with Gasteiger partial charge in [-0.1, -0.05) is 23.9 Å². The Morgan fingerprint density at radius 1 is 1.03 bits per heavy atom. The lowest BCUT2D eigenvalue weighted by Gasteiger charge is -2.21. The Hall–Kier alpha value is -3.02. The number of aromatic nitrogens is 2. The first-order valence-corrected chi connectivity index (χ1v) is 10.3. The maximum absolute atomic E-state index is 13.8. The molecule has 1 aromatic heterocycles. The molecular formula is C21H17F6N3O2S. The zero-order chi connectivity index (χ0) is 24.7. The monoisotopic (exact) mass is 489 g/mol. The molecule has 0 N–H and O–H groups in total. The van der Waals surface area contributed by atoms with E-state index in [-0.39, 0.29) is 28.2 Å². The fraction of sp³-hybridized carbons (Fsp3) is 0.286. The van der Waals surface area contributed by atoms with E-state index >= 15 is 0 Å². The second-order valence-corrected chi connectivity index (χ2v) is 8.58. The van der Waals surface area contributed by atoms with Crippen molar-refractivity contribution in [2.75, 3.05) is 14.1 Å². The summed E-state index contributed by atoms with van der Waals surface area (Å²) in [5, 5.41) is -1.32. The number of benzene rings is 2. The number of alkyl halides is 6. The summed E-state index contributed by atoms with van der Waals surface area (Å²) in [4.78, 5) is 31.0. The average molecular weight is 489 g/mol. The summed E-state index contributed by atoms with van der Waals surface area (Å²) in [6.45, 7) is 1.45. The lowest BCUT2D eigenvalue weighted by molar-refractivity contribution is -0.141. The number of amides is 1. The molecule has 0 saturated heterocycles. The standard InChI is InChI=1S/C21H17F6N3O2S/c1-11(17(31)29(2)3)33-19-28-15-7-5-4-6-13(15)18(32)30(19)16-10-12(20(22,23)24)8-9-14(16)21(25,26)27/h4-11H,1-3H3. The van der Waals surface area contributed by atoms with E-state index in [9.17, 15) is 35.9 Å². The van der Waals surface area contributed by atoms with E-state index in [1.54, 1.807) is 6.07 Å². The molecule has 0 radical (unpaired) electrons. The highest BCUT2D eigenvalue weighted by molar-refractivity contribution is 8.00. The van der Waals surface area contributed by atoms with Gasteiger partial charge in [0, 0.05) is 14.1 Å². The minimum absolute atomic E-state index is 0.0843. The van der Waals surface area contributed by atoms with Gasteiger partial charge in [0.1, 0.15) is 0 Å². The number of carbonyl (C=O) groups excluding carboxylic acids is 1. The minimum Gasteiger partial charge on any atom is -0.348 e. The summed E-state index contributed by atoms with van der Waals surface area (Å²) < 4.78 is 81.7. The number of carbonyl (C=O) groups is 1. The molecule has 3 rings (SSSR count). The lowest BCUT2D eigenvalue weighted by atomic mass is 10.1. The quantitative estimate of drug-likeness (QED) is 0.294. The van der Waals surface area contributed by atoms with E-state index < -0.39 is 45.9 Å². The predicted molar refractivity (Wildman–Crippen MR) is 111 cm³/mol. The van der Waals surface area contributed by atoms with Crippen molar-refractivity contribution in [3.8, 4) is 5.69 Å². The van der Waals surface area contributed by atoms with Crippen molar-refractivity contribution in [2.24, 2.45) is 0 Å². The molecule has 0 spiro atoms. The number of nitrogens with zero attached hydrogens (tertiary/aromatic N) is 3. The molecule has 176 valence electrons. The third-order valence-electron chi connectivity index (χ3n) is 4.69. The van der Waals surface area contributed by atoms with Crippen molar-refractivity contribution in [3.63, 3.8) is 0 Å². The van der Waals surface area contributed by atoms with Crippen LogP contribution in [0.2, 0.25) is 0 Å².